The van der Waals surface area contributed by atoms with Gasteiger partial charge in [0.05, 0.1) is 10.6 Å². The summed E-state index contributed by atoms with van der Waals surface area (Å²) in [6.45, 7) is 1.88. The minimum Gasteiger partial charge on any atom is -0.345 e. The van der Waals surface area contributed by atoms with Crippen molar-refractivity contribution >= 4 is 34.7 Å². The molecule has 0 fully saturated rings. The van der Waals surface area contributed by atoms with Crippen LogP contribution in [0.1, 0.15) is 22.8 Å². The minimum atomic E-state index is -0.251. The maximum absolute atomic E-state index is 12.1. The highest BCUT2D eigenvalue weighted by atomic mass is 35.5. The monoisotopic (exact) mass is 342 g/mol. The van der Waals surface area contributed by atoms with Crippen LogP contribution < -0.4 is 5.32 Å². The summed E-state index contributed by atoms with van der Waals surface area (Å²) in [5.41, 5.74) is 2.78. The van der Waals surface area contributed by atoms with Crippen LogP contribution in [0.3, 0.4) is 0 Å². The van der Waals surface area contributed by atoms with E-state index in [0.717, 1.165) is 11.1 Å². The van der Waals surface area contributed by atoms with Crippen molar-refractivity contribution in [1.82, 2.24) is 4.90 Å². The lowest BCUT2D eigenvalue weighted by Gasteiger charge is -2.12. The molecule has 0 bridgehead atoms. The number of benzene rings is 2. The maximum atomic E-state index is 12.1. The summed E-state index contributed by atoms with van der Waals surface area (Å²) in [6, 6.07) is 14.5. The maximum Gasteiger partial charge on any atom is 0.254 e. The largest absolute Gasteiger partial charge is 0.345 e. The van der Waals surface area contributed by atoms with Gasteiger partial charge in [0.1, 0.15) is 0 Å². The first-order valence-corrected chi connectivity index (χ1v) is 7.82. The van der Waals surface area contributed by atoms with Gasteiger partial charge in [-0.05, 0) is 36.3 Å². The smallest absolute Gasteiger partial charge is 0.254 e. The second-order valence-corrected chi connectivity index (χ2v) is 5.98. The Morgan fingerprint density at radius 1 is 1.08 bits per heavy atom. The molecule has 0 atom stereocenters. The third-order valence-electron chi connectivity index (χ3n) is 3.45. The highest BCUT2D eigenvalue weighted by molar-refractivity contribution is 6.34. The molecule has 0 saturated heterocycles. The van der Waals surface area contributed by atoms with Gasteiger partial charge in [-0.3, -0.25) is 9.59 Å². The van der Waals surface area contributed by atoms with Crippen LogP contribution in [0.4, 0.5) is 5.69 Å². The van der Waals surface area contributed by atoms with Crippen LogP contribution in [-0.4, -0.2) is 30.8 Å². The zero-order chi connectivity index (χ0) is 17.7. The lowest BCUT2D eigenvalue weighted by atomic mass is 10.1. The van der Waals surface area contributed by atoms with Gasteiger partial charge in [-0.25, -0.2) is 0 Å². The third kappa shape index (κ3) is 4.46. The van der Waals surface area contributed by atoms with Crippen LogP contribution in [0.2, 0.25) is 5.02 Å². The Kier molecular flexibility index (Phi) is 5.77. The van der Waals surface area contributed by atoms with Crippen molar-refractivity contribution in [2.75, 3.05) is 19.4 Å². The molecule has 0 aliphatic heterocycles. The second kappa shape index (κ2) is 7.79. The number of halogens is 1. The molecular formula is C19H19ClN2O2. The number of rotatable bonds is 4. The third-order valence-corrected chi connectivity index (χ3v) is 3.76. The number of carbonyl (C=O) groups excluding carboxylic acids is 2. The van der Waals surface area contributed by atoms with Crippen molar-refractivity contribution in [3.8, 4) is 0 Å². The van der Waals surface area contributed by atoms with Crippen LogP contribution >= 0.6 is 11.6 Å². The van der Waals surface area contributed by atoms with Gasteiger partial charge in [0.2, 0.25) is 5.91 Å². The van der Waals surface area contributed by atoms with E-state index in [4.69, 9.17) is 11.6 Å². The Morgan fingerprint density at radius 3 is 2.33 bits per heavy atom. The predicted molar refractivity (Wildman–Crippen MR) is 98.2 cm³/mol. The first-order chi connectivity index (χ1) is 11.4. The number of hydrogen-bond acceptors (Lipinski definition) is 2. The topological polar surface area (TPSA) is 49.4 Å². The Balaban J connectivity index is 2.12. The van der Waals surface area contributed by atoms with E-state index < -0.39 is 0 Å². The number of carbonyl (C=O) groups is 2. The lowest BCUT2D eigenvalue weighted by Crippen LogP contribution is -2.22. The van der Waals surface area contributed by atoms with Gasteiger partial charge in [0, 0.05) is 25.9 Å². The average molecular weight is 343 g/mol. The van der Waals surface area contributed by atoms with Gasteiger partial charge in [0.15, 0.2) is 0 Å². The Labute approximate surface area is 146 Å². The van der Waals surface area contributed by atoms with Crippen molar-refractivity contribution in [1.29, 1.82) is 0 Å². The van der Waals surface area contributed by atoms with Crippen LogP contribution in [-0.2, 0) is 4.79 Å². The molecule has 4 nitrogen and oxygen atoms in total. The summed E-state index contributed by atoms with van der Waals surface area (Å²) in [5.74, 6) is -0.434. The van der Waals surface area contributed by atoms with Gasteiger partial charge in [-0.15, -0.1) is 0 Å². The molecule has 0 spiro atoms. The zero-order valence-corrected chi connectivity index (χ0v) is 14.6. The lowest BCUT2D eigenvalue weighted by molar-refractivity contribution is -0.111. The summed E-state index contributed by atoms with van der Waals surface area (Å²) in [4.78, 5) is 25.5. The van der Waals surface area contributed by atoms with Crippen LogP contribution in [0.5, 0.6) is 0 Å². The Hall–Kier alpha value is -2.59. The van der Waals surface area contributed by atoms with Crippen LogP contribution in [0.25, 0.3) is 5.57 Å². The summed E-state index contributed by atoms with van der Waals surface area (Å²) in [6.07, 6.45) is 1.53. The highest BCUT2D eigenvalue weighted by Gasteiger charge is 2.13. The fraction of sp³-hybridized carbons (Fsp3) is 0.158. The fourth-order valence-corrected chi connectivity index (χ4v) is 2.43. The molecule has 0 saturated carbocycles. The predicted octanol–water partition coefficient (Wildman–Crippen LogP) is 4.08. The molecule has 5 heteroatoms. The van der Waals surface area contributed by atoms with E-state index in [-0.39, 0.29) is 11.8 Å². The van der Waals surface area contributed by atoms with Gasteiger partial charge >= 0.3 is 0 Å². The molecule has 24 heavy (non-hydrogen) atoms. The molecule has 2 aromatic carbocycles. The fourth-order valence-electron chi connectivity index (χ4n) is 2.17. The highest BCUT2D eigenvalue weighted by Crippen LogP contribution is 2.22. The number of allylic oxidation sites excluding steroid dienone is 1. The number of amides is 2. The van der Waals surface area contributed by atoms with Crippen molar-refractivity contribution in [3.05, 3.63) is 70.8 Å². The summed E-state index contributed by atoms with van der Waals surface area (Å²) in [5, 5.41) is 3.06. The van der Waals surface area contributed by atoms with E-state index in [1.165, 1.54) is 11.0 Å². The normalized spacial score (nSPS) is 11.1. The molecule has 2 rings (SSSR count). The van der Waals surface area contributed by atoms with Crippen molar-refractivity contribution < 1.29 is 9.59 Å². The van der Waals surface area contributed by atoms with E-state index in [0.29, 0.717) is 16.3 Å². The van der Waals surface area contributed by atoms with E-state index in [9.17, 15) is 9.59 Å². The molecule has 2 amide bonds. The van der Waals surface area contributed by atoms with E-state index >= 15 is 0 Å². The van der Waals surface area contributed by atoms with Crippen molar-refractivity contribution in [2.24, 2.45) is 0 Å². The molecule has 0 heterocycles. The van der Waals surface area contributed by atoms with Crippen molar-refractivity contribution in [2.45, 2.75) is 6.92 Å². The second-order valence-electron chi connectivity index (χ2n) is 5.58. The van der Waals surface area contributed by atoms with Gasteiger partial charge in [-0.2, -0.15) is 0 Å². The van der Waals surface area contributed by atoms with Crippen LogP contribution in [0, 0.1) is 0 Å². The molecule has 0 radical (unpaired) electrons. The number of anilines is 1. The van der Waals surface area contributed by atoms with Gasteiger partial charge in [0.25, 0.3) is 5.91 Å². The quantitative estimate of drug-likeness (QED) is 0.851. The minimum absolute atomic E-state index is 0.183. The Bertz CT molecular complexity index is 783. The number of nitrogens with zero attached hydrogens (tertiary/aromatic N) is 1. The molecule has 0 aliphatic carbocycles. The summed E-state index contributed by atoms with van der Waals surface area (Å²) in [7, 11) is 3.32. The standard InChI is InChI=1S/C19H19ClN2O2/c1-13(14-7-5-4-6-8-14)11-18(23)21-15-9-10-16(17(20)12-15)19(24)22(2)3/h4-12H,1-3H3,(H,21,23)/b13-11+. The molecule has 0 aromatic heterocycles. The zero-order valence-electron chi connectivity index (χ0n) is 13.8. The van der Waals surface area contributed by atoms with E-state index in [1.807, 2.05) is 37.3 Å². The summed E-state index contributed by atoms with van der Waals surface area (Å²) >= 11 is 6.14. The Morgan fingerprint density at radius 2 is 1.75 bits per heavy atom. The molecule has 0 aliphatic rings. The van der Waals surface area contributed by atoms with Gasteiger partial charge < -0.3 is 10.2 Å². The van der Waals surface area contributed by atoms with E-state index in [2.05, 4.69) is 5.32 Å². The van der Waals surface area contributed by atoms with Gasteiger partial charge in [-0.1, -0.05) is 41.9 Å². The molecule has 1 N–H and O–H groups in total. The average Bonchev–Trinajstić information content (AvgIpc) is 2.55. The first kappa shape index (κ1) is 17.8. The van der Waals surface area contributed by atoms with Crippen molar-refractivity contribution in [3.63, 3.8) is 0 Å². The summed E-state index contributed by atoms with van der Waals surface area (Å²) < 4.78 is 0. The van der Waals surface area contributed by atoms with Crippen LogP contribution in [0.15, 0.2) is 54.6 Å². The molecule has 124 valence electrons. The van der Waals surface area contributed by atoms with E-state index in [1.54, 1.807) is 32.3 Å². The first-order valence-electron chi connectivity index (χ1n) is 7.44. The molecule has 2 aromatic rings. The number of nitrogens with one attached hydrogen (secondary N) is 1. The SMILES string of the molecule is C/C(=C\C(=O)Nc1ccc(C(=O)N(C)C)c(Cl)c1)c1ccccc1. The number of hydrogen-bond donors (Lipinski definition) is 1. The molecule has 0 unspecified atom stereocenters. The molecular weight excluding hydrogens is 324 g/mol.